The van der Waals surface area contributed by atoms with Crippen LogP contribution in [-0.4, -0.2) is 47.7 Å². The molecule has 2 aromatic rings. The molecule has 2 saturated heterocycles. The minimum atomic E-state index is -2.58. The van der Waals surface area contributed by atoms with Crippen LogP contribution >= 0.6 is 0 Å². The van der Waals surface area contributed by atoms with Gasteiger partial charge in [-0.1, -0.05) is 24.3 Å². The van der Waals surface area contributed by atoms with Crippen molar-refractivity contribution in [3.05, 3.63) is 42.1 Å². The van der Waals surface area contributed by atoms with Gasteiger partial charge in [0.25, 0.3) is 6.43 Å². The summed E-state index contributed by atoms with van der Waals surface area (Å²) >= 11 is 0. The molecule has 2 aliphatic rings. The van der Waals surface area contributed by atoms with Gasteiger partial charge in [-0.05, 0) is 31.7 Å². The van der Waals surface area contributed by atoms with E-state index in [1.807, 2.05) is 0 Å². The Morgan fingerprint density at radius 3 is 2.72 bits per heavy atom. The van der Waals surface area contributed by atoms with Gasteiger partial charge in [-0.2, -0.15) is 0 Å². The van der Waals surface area contributed by atoms with Crippen LogP contribution in [0.15, 0.2) is 36.5 Å². The second kappa shape index (κ2) is 8.82. The number of carbonyl (C=O) groups excluding carboxylic acids is 1. The first-order chi connectivity index (χ1) is 14.1. The zero-order valence-corrected chi connectivity index (χ0v) is 16.1. The van der Waals surface area contributed by atoms with Gasteiger partial charge in [0, 0.05) is 44.5 Å². The molecule has 2 fully saturated rings. The van der Waals surface area contributed by atoms with Gasteiger partial charge in [0.15, 0.2) is 5.82 Å². The lowest BCUT2D eigenvalue weighted by Crippen LogP contribution is -2.47. The normalized spacial score (nSPS) is 20.2. The maximum atomic E-state index is 13.3. The zero-order chi connectivity index (χ0) is 20.2. The fourth-order valence-electron chi connectivity index (χ4n) is 3.88. The summed E-state index contributed by atoms with van der Waals surface area (Å²) in [6.07, 6.45) is 2.02. The fourth-order valence-corrected chi connectivity index (χ4v) is 3.88. The van der Waals surface area contributed by atoms with Crippen molar-refractivity contribution in [2.45, 2.75) is 44.3 Å². The monoisotopic (exact) mass is 404 g/mol. The van der Waals surface area contributed by atoms with Crippen molar-refractivity contribution >= 4 is 11.7 Å². The summed E-state index contributed by atoms with van der Waals surface area (Å²) in [6, 6.07) is 8.22. The number of nitrogens with one attached hydrogen (secondary N) is 1. The van der Waals surface area contributed by atoms with Crippen molar-refractivity contribution in [1.29, 1.82) is 0 Å². The first-order valence-electron chi connectivity index (χ1n) is 9.99. The molecule has 1 aromatic heterocycles. The summed E-state index contributed by atoms with van der Waals surface area (Å²) in [5.41, 5.74) is 0.281. The number of nitrogens with zero attached hydrogens (tertiary/aromatic N) is 3. The Kier molecular flexibility index (Phi) is 5.99. The van der Waals surface area contributed by atoms with Gasteiger partial charge in [0.05, 0.1) is 0 Å². The third-order valence-electron chi connectivity index (χ3n) is 5.47. The maximum absolute atomic E-state index is 13.3. The van der Waals surface area contributed by atoms with Gasteiger partial charge in [0.1, 0.15) is 11.9 Å². The molecular formula is C21H26F2N4O2. The summed E-state index contributed by atoms with van der Waals surface area (Å²) in [7, 11) is 0. The highest BCUT2D eigenvalue weighted by Crippen LogP contribution is 2.30. The number of alkyl halides is 2. The highest BCUT2D eigenvalue weighted by molar-refractivity contribution is 5.81. The van der Waals surface area contributed by atoms with Crippen molar-refractivity contribution in [3.8, 4) is 11.4 Å². The highest BCUT2D eigenvalue weighted by atomic mass is 19.3. The van der Waals surface area contributed by atoms with Crippen LogP contribution in [0, 0.1) is 0 Å². The molecule has 0 spiro atoms. The summed E-state index contributed by atoms with van der Waals surface area (Å²) in [5.74, 6) is 0.990. The van der Waals surface area contributed by atoms with Crippen LogP contribution in [0.4, 0.5) is 14.6 Å². The number of anilines is 1. The molecule has 1 aromatic carbocycles. The standard InChI is InChI=1S/C21H24F2N4O2.H2/c22-19(23)15-4-1-2-5-16(15)20-24-10-7-18(26-20)27-11-8-14(9-12-27)25-21(28)17-6-3-13-29-17;/h1-2,4-5,7,10,14,17,19H,3,6,8-9,11-13H2,(H,25,28);1H/t17-;/m1./s1. The van der Waals surface area contributed by atoms with Gasteiger partial charge in [0.2, 0.25) is 5.91 Å². The van der Waals surface area contributed by atoms with Crippen LogP contribution in [0.3, 0.4) is 0 Å². The minimum absolute atomic E-state index is 0. The number of aromatic nitrogens is 2. The van der Waals surface area contributed by atoms with Crippen LogP contribution in [0.2, 0.25) is 0 Å². The molecule has 4 rings (SSSR count). The number of hydrogen-bond donors (Lipinski definition) is 1. The number of ether oxygens (including phenoxy) is 1. The van der Waals surface area contributed by atoms with E-state index in [9.17, 15) is 13.6 Å². The highest BCUT2D eigenvalue weighted by Gasteiger charge is 2.28. The summed E-state index contributed by atoms with van der Waals surface area (Å²) in [6.45, 7) is 2.11. The van der Waals surface area contributed by atoms with E-state index in [4.69, 9.17) is 4.74 Å². The van der Waals surface area contributed by atoms with Crippen molar-refractivity contribution in [1.82, 2.24) is 15.3 Å². The number of halogens is 2. The van der Waals surface area contributed by atoms with Gasteiger partial charge in [-0.3, -0.25) is 4.79 Å². The lowest BCUT2D eigenvalue weighted by Gasteiger charge is -2.33. The third-order valence-corrected chi connectivity index (χ3v) is 5.47. The van der Waals surface area contributed by atoms with Crippen LogP contribution in [0.5, 0.6) is 0 Å². The Hall–Kier alpha value is -2.61. The summed E-state index contributed by atoms with van der Waals surface area (Å²) in [5, 5.41) is 3.08. The molecular weight excluding hydrogens is 378 g/mol. The second-order valence-corrected chi connectivity index (χ2v) is 7.40. The van der Waals surface area contributed by atoms with Crippen molar-refractivity contribution in [2.75, 3.05) is 24.6 Å². The maximum Gasteiger partial charge on any atom is 0.264 e. The Bertz CT molecular complexity index is 856. The lowest BCUT2D eigenvalue weighted by atomic mass is 10.0. The SMILES string of the molecule is O=C(NC1CCN(c2ccnc(-c3ccccc3C(F)F)n2)CC1)[C@H]1CCCO1.[HH]. The van der Waals surface area contributed by atoms with Crippen LogP contribution in [0.1, 0.15) is 39.1 Å². The first kappa shape index (κ1) is 19.7. The van der Waals surface area contributed by atoms with Gasteiger partial charge in [-0.25, -0.2) is 18.7 Å². The van der Waals surface area contributed by atoms with E-state index in [1.54, 1.807) is 30.5 Å². The van der Waals surface area contributed by atoms with Crippen LogP contribution < -0.4 is 10.2 Å². The van der Waals surface area contributed by atoms with E-state index in [0.717, 1.165) is 38.8 Å². The molecule has 8 heteroatoms. The van der Waals surface area contributed by atoms with Gasteiger partial charge >= 0.3 is 0 Å². The summed E-state index contributed by atoms with van der Waals surface area (Å²) < 4.78 is 32.1. The predicted octanol–water partition coefficient (Wildman–Crippen LogP) is 3.59. The average Bonchev–Trinajstić information content (AvgIpc) is 3.29. The topological polar surface area (TPSA) is 67.4 Å². The Labute approximate surface area is 169 Å². The Morgan fingerprint density at radius 2 is 2.00 bits per heavy atom. The quantitative estimate of drug-likeness (QED) is 0.825. The molecule has 0 unspecified atom stereocenters. The number of benzene rings is 1. The van der Waals surface area contributed by atoms with E-state index < -0.39 is 6.43 Å². The van der Waals surface area contributed by atoms with Crippen molar-refractivity contribution < 1.29 is 19.7 Å². The van der Waals surface area contributed by atoms with E-state index >= 15 is 0 Å². The molecule has 2 aliphatic heterocycles. The molecule has 1 N–H and O–H groups in total. The number of piperidine rings is 1. The van der Waals surface area contributed by atoms with E-state index in [0.29, 0.717) is 23.8 Å². The lowest BCUT2D eigenvalue weighted by molar-refractivity contribution is -0.130. The Balaban J connectivity index is 0.00000256. The van der Waals surface area contributed by atoms with Gasteiger partial charge in [-0.15, -0.1) is 0 Å². The first-order valence-corrected chi connectivity index (χ1v) is 9.99. The number of hydrogen-bond acceptors (Lipinski definition) is 5. The molecule has 1 atom stereocenters. The fraction of sp³-hybridized carbons (Fsp3) is 0.476. The molecule has 6 nitrogen and oxygen atoms in total. The van der Waals surface area contributed by atoms with E-state index in [1.165, 1.54) is 6.07 Å². The molecule has 1 amide bonds. The number of carbonyl (C=O) groups is 1. The van der Waals surface area contributed by atoms with E-state index in [2.05, 4.69) is 20.2 Å². The smallest absolute Gasteiger partial charge is 0.264 e. The average molecular weight is 404 g/mol. The molecule has 3 heterocycles. The minimum Gasteiger partial charge on any atom is -0.368 e. The predicted molar refractivity (Wildman–Crippen MR) is 107 cm³/mol. The van der Waals surface area contributed by atoms with Gasteiger partial charge < -0.3 is 15.0 Å². The van der Waals surface area contributed by atoms with Crippen LogP contribution in [-0.2, 0) is 9.53 Å². The molecule has 0 bridgehead atoms. The number of rotatable bonds is 5. The van der Waals surface area contributed by atoms with E-state index in [-0.39, 0.29) is 25.0 Å². The zero-order valence-electron chi connectivity index (χ0n) is 16.1. The Morgan fingerprint density at radius 1 is 1.21 bits per heavy atom. The molecule has 156 valence electrons. The number of amides is 1. The largest absolute Gasteiger partial charge is 0.368 e. The summed E-state index contributed by atoms with van der Waals surface area (Å²) in [4.78, 5) is 23.1. The third kappa shape index (κ3) is 4.53. The van der Waals surface area contributed by atoms with Crippen molar-refractivity contribution in [3.63, 3.8) is 0 Å². The second-order valence-electron chi connectivity index (χ2n) is 7.40. The van der Waals surface area contributed by atoms with Crippen molar-refractivity contribution in [2.24, 2.45) is 0 Å². The molecule has 29 heavy (non-hydrogen) atoms. The molecule has 0 saturated carbocycles. The molecule has 0 aliphatic carbocycles. The molecule has 0 radical (unpaired) electrons. The van der Waals surface area contributed by atoms with Crippen LogP contribution in [0.25, 0.3) is 11.4 Å².